The van der Waals surface area contributed by atoms with E-state index < -0.39 is 0 Å². The Bertz CT molecular complexity index is 511. The van der Waals surface area contributed by atoms with Gasteiger partial charge in [0.25, 0.3) is 0 Å². The van der Waals surface area contributed by atoms with Gasteiger partial charge >= 0.3 is 0 Å². The van der Waals surface area contributed by atoms with Gasteiger partial charge in [0.05, 0.1) is 24.7 Å². The maximum atomic E-state index is 5.68. The molecule has 1 aromatic heterocycles. The number of hydrogen-bond acceptors (Lipinski definition) is 4. The molecule has 1 N–H and O–H groups in total. The van der Waals surface area contributed by atoms with Crippen molar-refractivity contribution in [2.75, 3.05) is 11.9 Å². The molecular formula is C16H21N3O. The largest absolute Gasteiger partial charge is 0.493 e. The third-order valence-corrected chi connectivity index (χ3v) is 2.91. The summed E-state index contributed by atoms with van der Waals surface area (Å²) < 4.78 is 5.68. The highest BCUT2D eigenvalue weighted by atomic mass is 16.5. The fourth-order valence-corrected chi connectivity index (χ4v) is 1.82. The third-order valence-electron chi connectivity index (χ3n) is 2.91. The van der Waals surface area contributed by atoms with Gasteiger partial charge in [-0.25, -0.2) is 9.97 Å². The zero-order valence-corrected chi connectivity index (χ0v) is 12.2. The Morgan fingerprint density at radius 1 is 1.05 bits per heavy atom. The first-order chi connectivity index (χ1) is 9.65. The SMILES string of the molecule is CC(C)COc1ccc(C(C)Nc2cncnc2)cc1. The van der Waals surface area contributed by atoms with Crippen LogP contribution in [0, 0.1) is 5.92 Å². The van der Waals surface area contributed by atoms with Crippen molar-refractivity contribution in [3.63, 3.8) is 0 Å². The topological polar surface area (TPSA) is 47.0 Å². The maximum absolute atomic E-state index is 5.68. The van der Waals surface area contributed by atoms with Crippen LogP contribution in [-0.2, 0) is 0 Å². The number of hydrogen-bond donors (Lipinski definition) is 1. The van der Waals surface area contributed by atoms with Crippen molar-refractivity contribution in [3.05, 3.63) is 48.5 Å². The first-order valence-electron chi connectivity index (χ1n) is 6.89. The van der Waals surface area contributed by atoms with Crippen LogP contribution in [0.1, 0.15) is 32.4 Å². The Morgan fingerprint density at radius 3 is 2.30 bits per heavy atom. The Hall–Kier alpha value is -2.10. The number of aromatic nitrogens is 2. The predicted octanol–water partition coefficient (Wildman–Crippen LogP) is 3.68. The molecule has 4 nitrogen and oxygen atoms in total. The van der Waals surface area contributed by atoms with E-state index in [0.717, 1.165) is 18.0 Å². The molecule has 0 aliphatic heterocycles. The Labute approximate surface area is 120 Å². The quantitative estimate of drug-likeness (QED) is 0.870. The molecule has 1 aromatic carbocycles. The van der Waals surface area contributed by atoms with Crippen molar-refractivity contribution < 1.29 is 4.74 Å². The van der Waals surface area contributed by atoms with Crippen LogP contribution >= 0.6 is 0 Å². The molecule has 0 aliphatic carbocycles. The Balaban J connectivity index is 1.95. The molecule has 4 heteroatoms. The summed E-state index contributed by atoms with van der Waals surface area (Å²) in [5, 5.41) is 3.36. The van der Waals surface area contributed by atoms with Crippen LogP contribution in [0.2, 0.25) is 0 Å². The second kappa shape index (κ2) is 6.89. The lowest BCUT2D eigenvalue weighted by Crippen LogP contribution is -2.07. The monoisotopic (exact) mass is 271 g/mol. The van der Waals surface area contributed by atoms with Gasteiger partial charge < -0.3 is 10.1 Å². The van der Waals surface area contributed by atoms with E-state index in [1.165, 1.54) is 11.9 Å². The second-order valence-electron chi connectivity index (χ2n) is 5.27. The van der Waals surface area contributed by atoms with Crippen molar-refractivity contribution in [2.24, 2.45) is 5.92 Å². The zero-order chi connectivity index (χ0) is 14.4. The van der Waals surface area contributed by atoms with Gasteiger partial charge in [-0.05, 0) is 30.5 Å². The van der Waals surface area contributed by atoms with E-state index in [9.17, 15) is 0 Å². The molecule has 1 atom stereocenters. The van der Waals surface area contributed by atoms with E-state index in [0.29, 0.717) is 5.92 Å². The minimum atomic E-state index is 0.195. The van der Waals surface area contributed by atoms with Crippen molar-refractivity contribution in [1.82, 2.24) is 9.97 Å². The summed E-state index contributed by atoms with van der Waals surface area (Å²) in [4.78, 5) is 7.99. The lowest BCUT2D eigenvalue weighted by Gasteiger charge is -2.16. The van der Waals surface area contributed by atoms with E-state index in [1.54, 1.807) is 12.4 Å². The molecule has 2 rings (SSSR count). The lowest BCUT2D eigenvalue weighted by atomic mass is 10.1. The Kier molecular flexibility index (Phi) is 4.93. The summed E-state index contributed by atoms with van der Waals surface area (Å²) >= 11 is 0. The summed E-state index contributed by atoms with van der Waals surface area (Å²) in [6, 6.07) is 8.38. The molecule has 0 spiro atoms. The molecule has 1 unspecified atom stereocenters. The molecule has 0 saturated carbocycles. The summed E-state index contributed by atoms with van der Waals surface area (Å²) in [5.41, 5.74) is 2.12. The van der Waals surface area contributed by atoms with Crippen LogP contribution in [0.25, 0.3) is 0 Å². The number of benzene rings is 1. The highest BCUT2D eigenvalue weighted by Gasteiger charge is 2.06. The standard InChI is InChI=1S/C16H21N3O/c1-12(2)10-20-16-6-4-14(5-7-16)13(3)19-15-8-17-11-18-9-15/h4-9,11-13,19H,10H2,1-3H3. The van der Waals surface area contributed by atoms with E-state index in [1.807, 2.05) is 12.1 Å². The number of ether oxygens (including phenoxy) is 1. The molecule has 1 heterocycles. The van der Waals surface area contributed by atoms with Crippen LogP contribution in [-0.4, -0.2) is 16.6 Å². The van der Waals surface area contributed by atoms with E-state index in [2.05, 4.69) is 48.2 Å². The zero-order valence-electron chi connectivity index (χ0n) is 12.2. The van der Waals surface area contributed by atoms with Crippen LogP contribution in [0.4, 0.5) is 5.69 Å². The first kappa shape index (κ1) is 14.3. The minimum absolute atomic E-state index is 0.195. The molecule has 0 radical (unpaired) electrons. The first-order valence-corrected chi connectivity index (χ1v) is 6.89. The Morgan fingerprint density at radius 2 is 1.70 bits per heavy atom. The smallest absolute Gasteiger partial charge is 0.119 e. The molecule has 0 amide bonds. The van der Waals surface area contributed by atoms with Crippen molar-refractivity contribution in [2.45, 2.75) is 26.8 Å². The highest BCUT2D eigenvalue weighted by Crippen LogP contribution is 2.21. The molecule has 2 aromatic rings. The van der Waals surface area contributed by atoms with Gasteiger partial charge in [0.15, 0.2) is 0 Å². The minimum Gasteiger partial charge on any atom is -0.493 e. The molecule has 0 fully saturated rings. The predicted molar refractivity (Wildman–Crippen MR) is 80.8 cm³/mol. The van der Waals surface area contributed by atoms with Gasteiger partial charge in [0.1, 0.15) is 12.1 Å². The summed E-state index contributed by atoms with van der Waals surface area (Å²) in [5.74, 6) is 1.45. The second-order valence-corrected chi connectivity index (χ2v) is 5.27. The van der Waals surface area contributed by atoms with Gasteiger partial charge in [-0.3, -0.25) is 0 Å². The van der Waals surface area contributed by atoms with E-state index in [4.69, 9.17) is 4.74 Å². The van der Waals surface area contributed by atoms with Crippen molar-refractivity contribution >= 4 is 5.69 Å². The van der Waals surface area contributed by atoms with Crippen molar-refractivity contribution in [3.8, 4) is 5.75 Å². The van der Waals surface area contributed by atoms with Gasteiger partial charge in [0, 0.05) is 6.04 Å². The fraction of sp³-hybridized carbons (Fsp3) is 0.375. The average Bonchev–Trinajstić information content (AvgIpc) is 2.46. The summed E-state index contributed by atoms with van der Waals surface area (Å²) in [6.07, 6.45) is 5.06. The molecule has 0 bridgehead atoms. The van der Waals surface area contributed by atoms with E-state index in [-0.39, 0.29) is 6.04 Å². The van der Waals surface area contributed by atoms with Crippen LogP contribution < -0.4 is 10.1 Å². The van der Waals surface area contributed by atoms with Gasteiger partial charge in [-0.2, -0.15) is 0 Å². The third kappa shape index (κ3) is 4.23. The normalized spacial score (nSPS) is 12.2. The van der Waals surface area contributed by atoms with E-state index >= 15 is 0 Å². The van der Waals surface area contributed by atoms with Crippen LogP contribution in [0.5, 0.6) is 5.75 Å². The number of anilines is 1. The highest BCUT2D eigenvalue weighted by molar-refractivity contribution is 5.41. The molecule has 0 saturated heterocycles. The molecular weight excluding hydrogens is 250 g/mol. The van der Waals surface area contributed by atoms with Crippen molar-refractivity contribution in [1.29, 1.82) is 0 Å². The fourth-order valence-electron chi connectivity index (χ4n) is 1.82. The van der Waals surface area contributed by atoms with Gasteiger partial charge in [-0.15, -0.1) is 0 Å². The molecule has 106 valence electrons. The maximum Gasteiger partial charge on any atom is 0.119 e. The average molecular weight is 271 g/mol. The van der Waals surface area contributed by atoms with Gasteiger partial charge in [0.2, 0.25) is 0 Å². The van der Waals surface area contributed by atoms with Gasteiger partial charge in [-0.1, -0.05) is 26.0 Å². The van der Waals surface area contributed by atoms with Crippen LogP contribution in [0.15, 0.2) is 43.0 Å². The number of nitrogens with one attached hydrogen (secondary N) is 1. The summed E-state index contributed by atoms with van der Waals surface area (Å²) in [7, 11) is 0. The lowest BCUT2D eigenvalue weighted by molar-refractivity contribution is 0.271. The number of nitrogens with zero attached hydrogens (tertiary/aromatic N) is 2. The molecule has 20 heavy (non-hydrogen) atoms. The summed E-state index contributed by atoms with van der Waals surface area (Å²) in [6.45, 7) is 7.13. The number of rotatable bonds is 6. The van der Waals surface area contributed by atoms with Crippen LogP contribution in [0.3, 0.4) is 0 Å². The molecule has 0 aliphatic rings.